The van der Waals surface area contributed by atoms with Gasteiger partial charge in [-0.2, -0.15) is 0 Å². The maximum absolute atomic E-state index is 12.1. The van der Waals surface area contributed by atoms with Crippen LogP contribution in [-0.2, 0) is 38.1 Å². The van der Waals surface area contributed by atoms with E-state index in [1.807, 2.05) is 0 Å². The van der Waals surface area contributed by atoms with Crippen molar-refractivity contribution in [2.24, 2.45) is 0 Å². The highest BCUT2D eigenvalue weighted by atomic mass is 16.7. The molecule has 0 aromatic rings. The first-order valence-corrected chi connectivity index (χ1v) is 12.6. The second kappa shape index (κ2) is 13.9. The Bertz CT molecular complexity index is 927. The van der Waals surface area contributed by atoms with Gasteiger partial charge in [-0.1, -0.05) is 0 Å². The lowest BCUT2D eigenvalue weighted by Gasteiger charge is -2.48. The van der Waals surface area contributed by atoms with Gasteiger partial charge in [-0.25, -0.2) is 4.79 Å². The molecule has 0 aromatic heterocycles. The minimum Gasteiger partial charge on any atom is -0.479 e. The Morgan fingerprint density at radius 3 is 1.73 bits per heavy atom. The van der Waals surface area contributed by atoms with Gasteiger partial charge in [0.25, 0.3) is 0 Å². The third-order valence-electron chi connectivity index (χ3n) is 6.86. The monoisotopic (exact) mass is 600 g/mol. The van der Waals surface area contributed by atoms with Crippen LogP contribution in [0.2, 0.25) is 0 Å². The van der Waals surface area contributed by atoms with Crippen molar-refractivity contribution in [1.29, 1.82) is 0 Å². The first-order valence-electron chi connectivity index (χ1n) is 12.6. The van der Waals surface area contributed by atoms with Crippen LogP contribution in [0.4, 0.5) is 0 Å². The number of carboxylic acid groups (broad SMARTS) is 1. The van der Waals surface area contributed by atoms with Crippen LogP contribution in [0.15, 0.2) is 0 Å². The highest BCUT2D eigenvalue weighted by molar-refractivity contribution is 5.74. The van der Waals surface area contributed by atoms with Crippen LogP contribution in [0, 0.1) is 0 Å². The van der Waals surface area contributed by atoms with Gasteiger partial charge >= 0.3 is 5.97 Å². The first-order chi connectivity index (χ1) is 19.2. The molecule has 15 atom stereocenters. The van der Waals surface area contributed by atoms with E-state index >= 15 is 0 Å². The summed E-state index contributed by atoms with van der Waals surface area (Å²) in [5.74, 6) is -3.16. The second-order valence-corrected chi connectivity index (χ2v) is 9.84. The molecular weight excluding hydrogens is 564 g/mol. The molecule has 3 rings (SSSR count). The number of carbonyl (C=O) groups is 3. The van der Waals surface area contributed by atoms with Crippen molar-refractivity contribution in [3.8, 4) is 0 Å². The summed E-state index contributed by atoms with van der Waals surface area (Å²) in [5.41, 5.74) is 0. The van der Waals surface area contributed by atoms with Crippen LogP contribution < -0.4 is 10.6 Å². The molecule has 0 saturated carbocycles. The molecule has 236 valence electrons. The fraction of sp³-hybridized carbons (Fsp3) is 0.864. The van der Waals surface area contributed by atoms with E-state index in [0.717, 1.165) is 13.8 Å². The number of ether oxygens (including phenoxy) is 5. The molecule has 3 fully saturated rings. The summed E-state index contributed by atoms with van der Waals surface area (Å²) in [7, 11) is 0. The van der Waals surface area contributed by atoms with E-state index in [1.54, 1.807) is 0 Å². The number of hydrogen-bond acceptors (Lipinski definition) is 16. The van der Waals surface area contributed by atoms with Gasteiger partial charge in [-0.3, -0.25) is 9.59 Å². The third kappa shape index (κ3) is 7.28. The van der Waals surface area contributed by atoms with Gasteiger partial charge in [0.1, 0.15) is 67.0 Å². The van der Waals surface area contributed by atoms with E-state index in [0.29, 0.717) is 0 Å². The Hall–Kier alpha value is -2.11. The standard InChI is InChI=1S/C22H36N2O17/c1-5(27)23-9-13(31)11(29)7(3-25)38-21(9)40-17-14(32)15(33)22(41-18(17)19(34)35)39-16-10(24-6(2)28)20(36)37-8(4-26)12(16)30/h7-18,20-22,25-26,29-33,36H,3-4H2,1-2H3,(H,23,27)(H,24,28)(H,34,35)/t7-,8-,9-,10-,11+,12-,13-,14-,15-,16-,17-,18+,20+,21-,22-/m1/s1. The van der Waals surface area contributed by atoms with Gasteiger partial charge in [-0.15, -0.1) is 0 Å². The van der Waals surface area contributed by atoms with E-state index in [2.05, 4.69) is 10.6 Å². The summed E-state index contributed by atoms with van der Waals surface area (Å²) in [6.07, 6.45) is -23.7. The largest absolute Gasteiger partial charge is 0.479 e. The third-order valence-corrected chi connectivity index (χ3v) is 6.86. The minimum absolute atomic E-state index is 0.697. The average molecular weight is 601 g/mol. The van der Waals surface area contributed by atoms with Gasteiger partial charge in [0.05, 0.1) is 13.2 Å². The molecule has 19 heteroatoms. The zero-order chi connectivity index (χ0) is 30.8. The topological polar surface area (TPSA) is 303 Å². The molecule has 3 aliphatic rings. The number of carboxylic acids is 1. The van der Waals surface area contributed by atoms with E-state index in [9.17, 15) is 60.3 Å². The molecule has 3 heterocycles. The van der Waals surface area contributed by atoms with Gasteiger partial charge in [0, 0.05) is 13.8 Å². The highest BCUT2D eigenvalue weighted by Gasteiger charge is 2.55. The molecular formula is C22H36N2O17. The van der Waals surface area contributed by atoms with Crippen LogP contribution in [0.3, 0.4) is 0 Å². The summed E-state index contributed by atoms with van der Waals surface area (Å²) >= 11 is 0. The second-order valence-electron chi connectivity index (χ2n) is 9.84. The Kier molecular flexibility index (Phi) is 11.3. The normalized spacial score (nSPS) is 45.1. The van der Waals surface area contributed by atoms with Crippen molar-refractivity contribution in [3.05, 3.63) is 0 Å². The summed E-state index contributed by atoms with van der Waals surface area (Å²) in [5, 5.41) is 96.5. The van der Waals surface area contributed by atoms with E-state index in [4.69, 9.17) is 23.7 Å². The lowest BCUT2D eigenvalue weighted by atomic mass is 9.94. The molecule has 0 spiro atoms. The molecule has 0 aromatic carbocycles. The number of hydrogen-bond donors (Lipinski definition) is 11. The number of aliphatic hydroxyl groups excluding tert-OH is 8. The number of aliphatic carboxylic acids is 1. The SMILES string of the molecule is CC(=O)N[C@@H]1[C@@H](O[C@@H]2O[C@H](C(=O)O)[C@H](O[C@H]3O[C@H](CO)[C@H](O)[C@H](O)[C@H]3NC(C)=O)[C@H](O)[C@H]2O)[C@H](O)[C@@H](CO)O[C@@H]1O. The lowest BCUT2D eigenvalue weighted by molar-refractivity contribution is -0.359. The summed E-state index contributed by atoms with van der Waals surface area (Å²) < 4.78 is 26.9. The maximum atomic E-state index is 12.1. The Morgan fingerprint density at radius 2 is 1.20 bits per heavy atom. The zero-order valence-electron chi connectivity index (χ0n) is 21.9. The molecule has 0 radical (unpaired) electrons. The number of amides is 2. The Balaban J connectivity index is 1.86. The maximum Gasteiger partial charge on any atom is 0.335 e. The fourth-order valence-electron chi connectivity index (χ4n) is 4.83. The zero-order valence-corrected chi connectivity index (χ0v) is 21.9. The van der Waals surface area contributed by atoms with Gasteiger partial charge in [-0.05, 0) is 0 Å². The average Bonchev–Trinajstić information content (AvgIpc) is 2.90. The summed E-state index contributed by atoms with van der Waals surface area (Å²) in [6, 6.07) is -3.02. The van der Waals surface area contributed by atoms with Crippen molar-refractivity contribution in [2.45, 2.75) is 106 Å². The predicted molar refractivity (Wildman–Crippen MR) is 125 cm³/mol. The van der Waals surface area contributed by atoms with Gasteiger partial charge in [0.15, 0.2) is 25.0 Å². The first kappa shape index (κ1) is 33.4. The van der Waals surface area contributed by atoms with Crippen LogP contribution in [0.5, 0.6) is 0 Å². The Labute approximate surface area is 232 Å². The number of carbonyl (C=O) groups excluding carboxylic acids is 2. The molecule has 0 unspecified atom stereocenters. The van der Waals surface area contributed by atoms with Crippen molar-refractivity contribution in [3.63, 3.8) is 0 Å². The van der Waals surface area contributed by atoms with Gasteiger partial charge < -0.3 is 80.3 Å². The number of aliphatic hydroxyl groups is 8. The van der Waals surface area contributed by atoms with Crippen molar-refractivity contribution in [1.82, 2.24) is 10.6 Å². The fourth-order valence-corrected chi connectivity index (χ4v) is 4.83. The van der Waals surface area contributed by atoms with Crippen LogP contribution >= 0.6 is 0 Å². The number of nitrogens with one attached hydrogen (secondary N) is 2. The molecule has 19 nitrogen and oxygen atoms in total. The molecule has 2 amide bonds. The summed E-state index contributed by atoms with van der Waals surface area (Å²) in [4.78, 5) is 35.5. The van der Waals surface area contributed by atoms with E-state index < -0.39 is 123 Å². The van der Waals surface area contributed by atoms with Crippen molar-refractivity contribution >= 4 is 17.8 Å². The minimum atomic E-state index is -2.14. The van der Waals surface area contributed by atoms with Crippen molar-refractivity contribution < 1.29 is 84.0 Å². The molecule has 41 heavy (non-hydrogen) atoms. The Morgan fingerprint density at radius 1 is 0.659 bits per heavy atom. The number of rotatable bonds is 9. The van der Waals surface area contributed by atoms with Crippen molar-refractivity contribution in [2.75, 3.05) is 13.2 Å². The highest BCUT2D eigenvalue weighted by Crippen LogP contribution is 2.32. The molecule has 0 bridgehead atoms. The quantitative estimate of drug-likeness (QED) is 0.117. The summed E-state index contributed by atoms with van der Waals surface area (Å²) in [6.45, 7) is 0.516. The predicted octanol–water partition coefficient (Wildman–Crippen LogP) is -7.19. The molecule has 3 saturated heterocycles. The van der Waals surface area contributed by atoms with Crippen LogP contribution in [-0.4, -0.2) is 169 Å². The van der Waals surface area contributed by atoms with Crippen LogP contribution in [0.1, 0.15) is 13.8 Å². The lowest BCUT2D eigenvalue weighted by Crippen LogP contribution is -2.69. The molecule has 0 aliphatic carbocycles. The molecule has 3 aliphatic heterocycles. The molecule has 11 N–H and O–H groups in total. The van der Waals surface area contributed by atoms with Crippen LogP contribution in [0.25, 0.3) is 0 Å². The smallest absolute Gasteiger partial charge is 0.335 e. The van der Waals surface area contributed by atoms with E-state index in [-0.39, 0.29) is 0 Å². The van der Waals surface area contributed by atoms with Gasteiger partial charge in [0.2, 0.25) is 11.8 Å². The van der Waals surface area contributed by atoms with E-state index in [1.165, 1.54) is 0 Å².